The van der Waals surface area contributed by atoms with Gasteiger partial charge in [-0.25, -0.2) is 9.97 Å². The molecule has 0 aromatic carbocycles. The van der Waals surface area contributed by atoms with Gasteiger partial charge in [0.25, 0.3) is 0 Å². The minimum absolute atomic E-state index is 0.171. The Morgan fingerprint density at radius 3 is 2.92 bits per heavy atom. The van der Waals surface area contributed by atoms with E-state index in [-0.39, 0.29) is 6.04 Å². The molecule has 3 nitrogen and oxygen atoms in total. The zero-order valence-corrected chi connectivity index (χ0v) is 7.62. The molecule has 0 amide bonds. The van der Waals surface area contributed by atoms with Crippen molar-refractivity contribution >= 4 is 0 Å². The van der Waals surface area contributed by atoms with Gasteiger partial charge in [0, 0.05) is 30.8 Å². The molecule has 0 aliphatic heterocycles. The molecule has 1 aromatic rings. The summed E-state index contributed by atoms with van der Waals surface area (Å²) in [6.45, 7) is 4.03. The molecule has 0 bridgehead atoms. The predicted octanol–water partition coefficient (Wildman–Crippen LogP) is 0.929. The molecule has 0 fully saturated rings. The molecule has 2 N–H and O–H groups in total. The van der Waals surface area contributed by atoms with Crippen molar-refractivity contribution in [2.75, 3.05) is 0 Å². The Balaban J connectivity index is 2.72. The topological polar surface area (TPSA) is 51.8 Å². The number of hydrogen-bond acceptors (Lipinski definition) is 3. The van der Waals surface area contributed by atoms with Crippen LogP contribution in [0.5, 0.6) is 0 Å². The molecule has 3 heteroatoms. The van der Waals surface area contributed by atoms with Crippen LogP contribution in [0.25, 0.3) is 0 Å². The van der Waals surface area contributed by atoms with E-state index in [1.807, 2.05) is 19.9 Å². The van der Waals surface area contributed by atoms with E-state index in [9.17, 15) is 0 Å². The number of rotatable bonds is 3. The van der Waals surface area contributed by atoms with Gasteiger partial charge in [0.1, 0.15) is 5.82 Å². The molecule has 0 saturated carbocycles. The number of aryl methyl sites for hydroxylation is 1. The van der Waals surface area contributed by atoms with Crippen molar-refractivity contribution in [3.8, 4) is 0 Å². The maximum absolute atomic E-state index is 5.66. The summed E-state index contributed by atoms with van der Waals surface area (Å²) in [6.07, 6.45) is 3.51. The second kappa shape index (κ2) is 4.16. The van der Waals surface area contributed by atoms with Crippen molar-refractivity contribution in [1.82, 2.24) is 9.97 Å². The third kappa shape index (κ3) is 2.58. The Morgan fingerprint density at radius 1 is 1.58 bits per heavy atom. The minimum atomic E-state index is 0.171. The standard InChI is InChI=1S/C9H15N3/c1-3-9-11-5-4-8(12-9)6-7(2)10/h4-5,7H,3,6,10H2,1-2H3. The lowest BCUT2D eigenvalue weighted by atomic mass is 10.2. The van der Waals surface area contributed by atoms with E-state index in [1.54, 1.807) is 6.20 Å². The van der Waals surface area contributed by atoms with Crippen LogP contribution >= 0.6 is 0 Å². The van der Waals surface area contributed by atoms with E-state index in [0.717, 1.165) is 24.4 Å². The normalized spacial score (nSPS) is 12.9. The molecule has 1 heterocycles. The highest BCUT2D eigenvalue weighted by Crippen LogP contribution is 1.99. The van der Waals surface area contributed by atoms with Gasteiger partial charge in [0.2, 0.25) is 0 Å². The zero-order valence-electron chi connectivity index (χ0n) is 7.62. The molecule has 66 valence electrons. The van der Waals surface area contributed by atoms with Gasteiger partial charge in [-0.15, -0.1) is 0 Å². The molecular weight excluding hydrogens is 150 g/mol. The molecule has 0 radical (unpaired) electrons. The van der Waals surface area contributed by atoms with Gasteiger partial charge >= 0.3 is 0 Å². The molecule has 1 unspecified atom stereocenters. The van der Waals surface area contributed by atoms with Crippen molar-refractivity contribution in [3.05, 3.63) is 23.8 Å². The summed E-state index contributed by atoms with van der Waals surface area (Å²) < 4.78 is 0. The van der Waals surface area contributed by atoms with Crippen LogP contribution in [-0.2, 0) is 12.8 Å². The number of nitrogens with zero attached hydrogens (tertiary/aromatic N) is 2. The van der Waals surface area contributed by atoms with E-state index in [2.05, 4.69) is 9.97 Å². The Labute approximate surface area is 73.0 Å². The predicted molar refractivity (Wildman–Crippen MR) is 48.8 cm³/mol. The first-order chi connectivity index (χ1) is 5.72. The molecule has 0 aliphatic rings. The summed E-state index contributed by atoms with van der Waals surface area (Å²) in [4.78, 5) is 8.45. The van der Waals surface area contributed by atoms with Crippen molar-refractivity contribution in [2.45, 2.75) is 32.7 Å². The fourth-order valence-corrected chi connectivity index (χ4v) is 1.06. The van der Waals surface area contributed by atoms with Gasteiger partial charge in [0.05, 0.1) is 0 Å². The maximum Gasteiger partial charge on any atom is 0.128 e. The highest BCUT2D eigenvalue weighted by molar-refractivity contribution is 5.03. The zero-order chi connectivity index (χ0) is 8.97. The SMILES string of the molecule is CCc1nccc(CC(C)N)n1. The van der Waals surface area contributed by atoms with Gasteiger partial charge in [-0.1, -0.05) is 6.92 Å². The highest BCUT2D eigenvalue weighted by atomic mass is 14.9. The molecule has 1 rings (SSSR count). The second-order valence-corrected chi connectivity index (χ2v) is 3.00. The first-order valence-corrected chi connectivity index (χ1v) is 4.28. The molecule has 1 atom stereocenters. The van der Waals surface area contributed by atoms with Gasteiger partial charge in [0.15, 0.2) is 0 Å². The van der Waals surface area contributed by atoms with Crippen LogP contribution in [0.1, 0.15) is 25.4 Å². The fourth-order valence-electron chi connectivity index (χ4n) is 1.06. The summed E-state index contributed by atoms with van der Waals surface area (Å²) in [5, 5.41) is 0. The average molecular weight is 165 g/mol. The largest absolute Gasteiger partial charge is 0.328 e. The van der Waals surface area contributed by atoms with Crippen LogP contribution in [0.15, 0.2) is 12.3 Å². The highest BCUT2D eigenvalue weighted by Gasteiger charge is 2.00. The van der Waals surface area contributed by atoms with Gasteiger partial charge in [-0.05, 0) is 13.0 Å². The summed E-state index contributed by atoms with van der Waals surface area (Å²) in [7, 11) is 0. The number of hydrogen-bond donors (Lipinski definition) is 1. The van der Waals surface area contributed by atoms with Crippen LogP contribution < -0.4 is 5.73 Å². The van der Waals surface area contributed by atoms with Crippen LogP contribution in [0.4, 0.5) is 0 Å². The lowest BCUT2D eigenvalue weighted by molar-refractivity contribution is 0.712. The van der Waals surface area contributed by atoms with E-state index < -0.39 is 0 Å². The summed E-state index contributed by atoms with van der Waals surface area (Å²) >= 11 is 0. The van der Waals surface area contributed by atoms with Crippen LogP contribution in [0.2, 0.25) is 0 Å². The summed E-state index contributed by atoms with van der Waals surface area (Å²) in [5.41, 5.74) is 6.69. The fraction of sp³-hybridized carbons (Fsp3) is 0.556. The Morgan fingerprint density at radius 2 is 2.33 bits per heavy atom. The number of aromatic nitrogens is 2. The first-order valence-electron chi connectivity index (χ1n) is 4.28. The van der Waals surface area contributed by atoms with E-state index in [1.165, 1.54) is 0 Å². The van der Waals surface area contributed by atoms with Crippen LogP contribution in [0, 0.1) is 0 Å². The van der Waals surface area contributed by atoms with Crippen LogP contribution in [0.3, 0.4) is 0 Å². The van der Waals surface area contributed by atoms with Crippen molar-refractivity contribution < 1.29 is 0 Å². The van der Waals surface area contributed by atoms with Crippen molar-refractivity contribution in [2.24, 2.45) is 5.73 Å². The Bertz CT molecular complexity index is 245. The monoisotopic (exact) mass is 165 g/mol. The van der Waals surface area contributed by atoms with Gasteiger partial charge < -0.3 is 5.73 Å². The second-order valence-electron chi connectivity index (χ2n) is 3.00. The lowest BCUT2D eigenvalue weighted by Crippen LogP contribution is -2.18. The number of nitrogens with two attached hydrogens (primary N) is 1. The third-order valence-electron chi connectivity index (χ3n) is 1.61. The van der Waals surface area contributed by atoms with E-state index >= 15 is 0 Å². The van der Waals surface area contributed by atoms with Gasteiger partial charge in [-0.3, -0.25) is 0 Å². The van der Waals surface area contributed by atoms with Crippen molar-refractivity contribution in [1.29, 1.82) is 0 Å². The molecular formula is C9H15N3. The van der Waals surface area contributed by atoms with E-state index in [0.29, 0.717) is 0 Å². The Kier molecular flexibility index (Phi) is 3.17. The molecule has 0 spiro atoms. The maximum atomic E-state index is 5.66. The minimum Gasteiger partial charge on any atom is -0.328 e. The quantitative estimate of drug-likeness (QED) is 0.724. The van der Waals surface area contributed by atoms with Crippen molar-refractivity contribution in [3.63, 3.8) is 0 Å². The molecule has 0 aliphatic carbocycles. The molecule has 12 heavy (non-hydrogen) atoms. The third-order valence-corrected chi connectivity index (χ3v) is 1.61. The van der Waals surface area contributed by atoms with E-state index in [4.69, 9.17) is 5.73 Å². The molecule has 0 saturated heterocycles. The average Bonchev–Trinajstić information content (AvgIpc) is 2.03. The smallest absolute Gasteiger partial charge is 0.128 e. The summed E-state index contributed by atoms with van der Waals surface area (Å²) in [6, 6.07) is 2.09. The molecule has 1 aromatic heterocycles. The van der Waals surface area contributed by atoms with Gasteiger partial charge in [-0.2, -0.15) is 0 Å². The van der Waals surface area contributed by atoms with Crippen LogP contribution in [-0.4, -0.2) is 16.0 Å². The Hall–Kier alpha value is -0.960. The summed E-state index contributed by atoms with van der Waals surface area (Å²) in [5.74, 6) is 0.896. The lowest BCUT2D eigenvalue weighted by Gasteiger charge is -2.04. The first kappa shape index (κ1) is 9.13.